The van der Waals surface area contributed by atoms with Crippen LogP contribution in [0.15, 0.2) is 40.7 Å². The molecule has 1 aliphatic carbocycles. The number of benzene rings is 1. The number of carboxylic acid groups (broad SMARTS) is 1. The Morgan fingerprint density at radius 1 is 1.14 bits per heavy atom. The van der Waals surface area contributed by atoms with Gasteiger partial charge >= 0.3 is 5.97 Å². The smallest absolute Gasteiger partial charge is 0.335 e. The highest BCUT2D eigenvalue weighted by Crippen LogP contribution is 2.30. The summed E-state index contributed by atoms with van der Waals surface area (Å²) >= 11 is 1.30. The fraction of sp³-hybridized carbons (Fsp3) is 0.478. The van der Waals surface area contributed by atoms with E-state index in [1.165, 1.54) is 46.9 Å². The number of sulfonamides is 1. The van der Waals surface area contributed by atoms with Crippen molar-refractivity contribution < 1.29 is 27.9 Å². The van der Waals surface area contributed by atoms with E-state index in [-0.39, 0.29) is 36.0 Å². The zero-order valence-electron chi connectivity index (χ0n) is 19.1. The van der Waals surface area contributed by atoms with Gasteiger partial charge in [-0.25, -0.2) is 18.2 Å². The van der Waals surface area contributed by atoms with Crippen LogP contribution in [0.1, 0.15) is 48.9 Å². The zero-order valence-corrected chi connectivity index (χ0v) is 20.8. The number of hydrogen-bond donors (Lipinski definition) is 2. The monoisotopic (exact) mass is 520 g/mol. The number of carbonyl (C=O) groups excluding carboxylic acids is 2. The Balaban J connectivity index is 1.49. The molecule has 2 heterocycles. The van der Waals surface area contributed by atoms with Crippen molar-refractivity contribution in [2.75, 3.05) is 25.0 Å². The van der Waals surface area contributed by atoms with Crippen molar-refractivity contribution in [3.05, 3.63) is 41.4 Å². The summed E-state index contributed by atoms with van der Waals surface area (Å²) in [6.07, 6.45) is 7.53. The van der Waals surface area contributed by atoms with Crippen molar-refractivity contribution in [3.8, 4) is 0 Å². The molecule has 0 bridgehead atoms. The molecule has 2 aromatic rings. The van der Waals surface area contributed by atoms with Gasteiger partial charge in [-0.2, -0.15) is 4.31 Å². The van der Waals surface area contributed by atoms with E-state index in [0.717, 1.165) is 30.0 Å². The average molecular weight is 521 g/mol. The molecular formula is C23H28N4O6S2. The van der Waals surface area contributed by atoms with Gasteiger partial charge in [-0.15, -0.1) is 11.3 Å². The van der Waals surface area contributed by atoms with Gasteiger partial charge in [0.2, 0.25) is 21.8 Å². The topological polar surface area (TPSA) is 137 Å². The number of nitrogens with zero attached hydrogens (tertiary/aromatic N) is 3. The summed E-state index contributed by atoms with van der Waals surface area (Å²) in [6, 6.07) is 4.19. The molecule has 1 saturated carbocycles. The number of rotatable bonds is 8. The van der Waals surface area contributed by atoms with Gasteiger partial charge in [0.15, 0.2) is 5.13 Å². The molecule has 1 aliphatic heterocycles. The molecule has 12 heteroatoms. The Morgan fingerprint density at radius 2 is 1.86 bits per heavy atom. The first-order valence-electron chi connectivity index (χ1n) is 11.6. The SMILES string of the molecule is O=C(O)c1ccc(S(=O)(=O)N2CCN(C(CC3CCCCC3)C(=O)Nc3nccs3)C(=O)C2)cc1. The van der Waals surface area contributed by atoms with E-state index >= 15 is 0 Å². The van der Waals surface area contributed by atoms with Crippen LogP contribution in [0, 0.1) is 5.92 Å². The zero-order chi connectivity index (χ0) is 25.0. The van der Waals surface area contributed by atoms with Gasteiger partial charge in [0, 0.05) is 24.7 Å². The average Bonchev–Trinajstić information content (AvgIpc) is 3.36. The molecule has 35 heavy (non-hydrogen) atoms. The fourth-order valence-electron chi connectivity index (χ4n) is 4.71. The third kappa shape index (κ3) is 5.88. The number of carbonyl (C=O) groups is 3. The molecule has 1 saturated heterocycles. The standard InChI is InChI=1S/C23H28N4O6S2/c28-20-15-26(35(32,33)18-8-6-17(7-9-18)22(30)31)11-12-27(20)19(14-16-4-2-1-3-5-16)21(29)25-23-24-10-13-34-23/h6-10,13,16,19H,1-5,11-12,14-15H2,(H,30,31)(H,24,25,29). The normalized spacial score (nSPS) is 18.9. The summed E-state index contributed by atoms with van der Waals surface area (Å²) in [6.45, 7) is -0.247. The number of piperazine rings is 1. The molecule has 188 valence electrons. The van der Waals surface area contributed by atoms with Crippen molar-refractivity contribution in [3.63, 3.8) is 0 Å². The van der Waals surface area contributed by atoms with Gasteiger partial charge in [-0.1, -0.05) is 32.1 Å². The summed E-state index contributed by atoms with van der Waals surface area (Å²) in [5.41, 5.74) is -0.0263. The van der Waals surface area contributed by atoms with Gasteiger partial charge in [-0.3, -0.25) is 9.59 Å². The van der Waals surface area contributed by atoms with Crippen LogP contribution in [0.2, 0.25) is 0 Å². The minimum atomic E-state index is -3.99. The minimum Gasteiger partial charge on any atom is -0.478 e. The number of hydrogen-bond acceptors (Lipinski definition) is 7. The lowest BCUT2D eigenvalue weighted by Crippen LogP contribution is -2.58. The third-order valence-corrected chi connectivity index (χ3v) is 9.13. The lowest BCUT2D eigenvalue weighted by atomic mass is 9.84. The van der Waals surface area contributed by atoms with E-state index in [4.69, 9.17) is 5.11 Å². The number of anilines is 1. The van der Waals surface area contributed by atoms with Crippen LogP contribution in [0.5, 0.6) is 0 Å². The molecule has 2 fully saturated rings. The number of thiazole rings is 1. The molecule has 2 aliphatic rings. The highest BCUT2D eigenvalue weighted by molar-refractivity contribution is 7.89. The Bertz CT molecular complexity index is 1160. The summed E-state index contributed by atoms with van der Waals surface area (Å²) in [4.78, 5) is 42.9. The molecule has 2 N–H and O–H groups in total. The molecule has 10 nitrogen and oxygen atoms in total. The molecule has 4 rings (SSSR count). The Kier molecular flexibility index (Phi) is 7.82. The van der Waals surface area contributed by atoms with Crippen molar-refractivity contribution in [1.29, 1.82) is 0 Å². The van der Waals surface area contributed by atoms with Crippen molar-refractivity contribution in [2.45, 2.75) is 49.5 Å². The quantitative estimate of drug-likeness (QED) is 0.546. The van der Waals surface area contributed by atoms with E-state index in [1.54, 1.807) is 11.6 Å². The second-order valence-corrected chi connectivity index (χ2v) is 11.7. The molecule has 1 unspecified atom stereocenters. The first kappa shape index (κ1) is 25.3. The van der Waals surface area contributed by atoms with Crippen LogP contribution in [0.4, 0.5) is 5.13 Å². The number of aromatic nitrogens is 1. The number of aromatic carboxylic acids is 1. The van der Waals surface area contributed by atoms with Crippen LogP contribution in [0.25, 0.3) is 0 Å². The lowest BCUT2D eigenvalue weighted by molar-refractivity contribution is -0.142. The maximum absolute atomic E-state index is 13.2. The fourth-order valence-corrected chi connectivity index (χ4v) is 6.62. The first-order chi connectivity index (χ1) is 16.8. The largest absolute Gasteiger partial charge is 0.478 e. The van der Waals surface area contributed by atoms with Gasteiger partial charge in [-0.05, 0) is 36.6 Å². The molecule has 1 aromatic carbocycles. The van der Waals surface area contributed by atoms with Gasteiger partial charge in [0.1, 0.15) is 6.04 Å². The Hall–Kier alpha value is -2.83. The van der Waals surface area contributed by atoms with Crippen LogP contribution >= 0.6 is 11.3 Å². The number of nitrogens with one attached hydrogen (secondary N) is 1. The van der Waals surface area contributed by atoms with E-state index in [1.807, 2.05) is 0 Å². The highest BCUT2D eigenvalue weighted by Gasteiger charge is 2.39. The molecule has 2 amide bonds. The van der Waals surface area contributed by atoms with Crippen LogP contribution in [0.3, 0.4) is 0 Å². The molecule has 0 radical (unpaired) electrons. The third-order valence-electron chi connectivity index (χ3n) is 6.58. The number of carboxylic acids is 1. The van der Waals surface area contributed by atoms with Crippen molar-refractivity contribution >= 4 is 44.3 Å². The van der Waals surface area contributed by atoms with E-state index in [2.05, 4.69) is 10.3 Å². The van der Waals surface area contributed by atoms with Gasteiger partial charge < -0.3 is 15.3 Å². The second kappa shape index (κ2) is 10.8. The number of amides is 2. The molecule has 0 spiro atoms. The summed E-state index contributed by atoms with van der Waals surface area (Å²) in [5, 5.41) is 14.1. The Labute approximate surface area is 208 Å². The maximum Gasteiger partial charge on any atom is 0.335 e. The summed E-state index contributed by atoms with van der Waals surface area (Å²) < 4.78 is 27.2. The molecular weight excluding hydrogens is 492 g/mol. The first-order valence-corrected chi connectivity index (χ1v) is 13.9. The van der Waals surface area contributed by atoms with Gasteiger partial charge in [0.05, 0.1) is 17.0 Å². The van der Waals surface area contributed by atoms with E-state index in [0.29, 0.717) is 17.5 Å². The van der Waals surface area contributed by atoms with E-state index < -0.39 is 27.9 Å². The Morgan fingerprint density at radius 3 is 2.46 bits per heavy atom. The van der Waals surface area contributed by atoms with Gasteiger partial charge in [0.25, 0.3) is 0 Å². The predicted octanol–water partition coefficient (Wildman–Crippen LogP) is 2.65. The summed E-state index contributed by atoms with van der Waals surface area (Å²) in [5.74, 6) is -1.56. The van der Waals surface area contributed by atoms with Crippen molar-refractivity contribution in [1.82, 2.24) is 14.2 Å². The minimum absolute atomic E-state index is 0.0263. The maximum atomic E-state index is 13.2. The summed E-state index contributed by atoms with van der Waals surface area (Å²) in [7, 11) is -3.99. The van der Waals surface area contributed by atoms with Crippen LogP contribution in [-0.4, -0.2) is 71.2 Å². The molecule has 1 aromatic heterocycles. The van der Waals surface area contributed by atoms with Crippen LogP contribution in [-0.2, 0) is 19.6 Å². The van der Waals surface area contributed by atoms with E-state index in [9.17, 15) is 22.8 Å². The second-order valence-electron chi connectivity index (χ2n) is 8.84. The molecule has 1 atom stereocenters. The predicted molar refractivity (Wildman–Crippen MR) is 130 cm³/mol. The van der Waals surface area contributed by atoms with Crippen LogP contribution < -0.4 is 5.32 Å². The van der Waals surface area contributed by atoms with Crippen molar-refractivity contribution in [2.24, 2.45) is 5.92 Å². The lowest BCUT2D eigenvalue weighted by Gasteiger charge is -2.39. The highest BCUT2D eigenvalue weighted by atomic mass is 32.2.